The summed E-state index contributed by atoms with van der Waals surface area (Å²) < 4.78 is 0. The first-order valence-electron chi connectivity index (χ1n) is 7.66. The molecule has 2 saturated carbocycles. The molecule has 1 aromatic rings. The van der Waals surface area contributed by atoms with Crippen molar-refractivity contribution in [1.29, 1.82) is 0 Å². The average Bonchev–Trinajstić information content (AvgIpc) is 2.31. The molecule has 0 radical (unpaired) electrons. The Morgan fingerprint density at radius 2 is 1.95 bits per heavy atom. The molecule has 1 aromatic carbocycles. The van der Waals surface area contributed by atoms with E-state index in [1.165, 1.54) is 44.1 Å². The van der Waals surface area contributed by atoms with Gasteiger partial charge >= 0.3 is 0 Å². The highest BCUT2D eigenvalue weighted by atomic mass is 35.5. The molecular formula is C17H24ClN. The van der Waals surface area contributed by atoms with Gasteiger partial charge < -0.3 is 5.32 Å². The molecule has 0 aromatic heterocycles. The maximum absolute atomic E-state index is 6.46. The van der Waals surface area contributed by atoms with Crippen LogP contribution in [0.5, 0.6) is 0 Å². The fourth-order valence-corrected chi connectivity index (χ4v) is 4.56. The molecule has 1 N–H and O–H groups in total. The Kier molecular flexibility index (Phi) is 3.61. The lowest BCUT2D eigenvalue weighted by Crippen LogP contribution is -2.57. The maximum Gasteiger partial charge on any atom is 0.0444 e. The fourth-order valence-electron chi connectivity index (χ4n) is 4.22. The fraction of sp³-hybridized carbons (Fsp3) is 0.647. The number of hydrogen-bond donors (Lipinski definition) is 1. The quantitative estimate of drug-likeness (QED) is 0.779. The van der Waals surface area contributed by atoms with Crippen LogP contribution >= 0.6 is 11.6 Å². The van der Waals surface area contributed by atoms with Gasteiger partial charge in [-0.05, 0) is 55.7 Å². The summed E-state index contributed by atoms with van der Waals surface area (Å²) in [6.07, 6.45) is 8.17. The second kappa shape index (κ2) is 5.10. The monoisotopic (exact) mass is 277 g/mol. The zero-order valence-electron chi connectivity index (χ0n) is 11.8. The van der Waals surface area contributed by atoms with Gasteiger partial charge in [0.2, 0.25) is 0 Å². The van der Waals surface area contributed by atoms with Crippen molar-refractivity contribution in [2.45, 2.75) is 50.9 Å². The van der Waals surface area contributed by atoms with Crippen molar-refractivity contribution in [2.24, 2.45) is 5.41 Å². The first-order chi connectivity index (χ1) is 9.20. The largest absolute Gasteiger partial charge is 0.316 e. The van der Waals surface area contributed by atoms with E-state index in [2.05, 4.69) is 24.4 Å². The molecule has 0 amide bonds. The zero-order valence-corrected chi connectivity index (χ0v) is 12.6. The summed E-state index contributed by atoms with van der Waals surface area (Å²) >= 11 is 6.46. The van der Waals surface area contributed by atoms with E-state index in [-0.39, 0.29) is 0 Å². The van der Waals surface area contributed by atoms with Gasteiger partial charge in [0.25, 0.3) is 0 Å². The molecule has 0 bridgehead atoms. The smallest absolute Gasteiger partial charge is 0.0444 e. The summed E-state index contributed by atoms with van der Waals surface area (Å²) in [7, 11) is 0. The Balaban J connectivity index is 1.79. The van der Waals surface area contributed by atoms with Crippen LogP contribution in [0.2, 0.25) is 5.02 Å². The van der Waals surface area contributed by atoms with Crippen LogP contribution in [0.3, 0.4) is 0 Å². The summed E-state index contributed by atoms with van der Waals surface area (Å²) in [5.41, 5.74) is 2.35. The molecule has 2 fully saturated rings. The number of nitrogens with one attached hydrogen (secondary N) is 1. The summed E-state index contributed by atoms with van der Waals surface area (Å²) in [4.78, 5) is 0. The molecule has 2 heteroatoms. The molecule has 3 rings (SSSR count). The lowest BCUT2D eigenvalue weighted by atomic mass is 9.43. The van der Waals surface area contributed by atoms with Crippen LogP contribution in [-0.4, -0.2) is 13.1 Å². The van der Waals surface area contributed by atoms with E-state index >= 15 is 0 Å². The minimum absolute atomic E-state index is 0.300. The molecule has 1 nitrogen and oxygen atoms in total. The molecule has 2 aliphatic carbocycles. The van der Waals surface area contributed by atoms with Crippen LogP contribution in [0.25, 0.3) is 0 Å². The molecule has 19 heavy (non-hydrogen) atoms. The third-order valence-corrected chi connectivity index (χ3v) is 5.51. The van der Waals surface area contributed by atoms with Crippen LogP contribution in [0.15, 0.2) is 24.3 Å². The third kappa shape index (κ3) is 2.32. The second-order valence-corrected chi connectivity index (χ2v) is 7.05. The molecule has 0 aliphatic heterocycles. The van der Waals surface area contributed by atoms with Gasteiger partial charge in [0.05, 0.1) is 0 Å². The number of halogens is 1. The van der Waals surface area contributed by atoms with Crippen molar-refractivity contribution in [2.75, 3.05) is 13.1 Å². The highest BCUT2D eigenvalue weighted by molar-refractivity contribution is 6.31. The van der Waals surface area contributed by atoms with Gasteiger partial charge in [-0.15, -0.1) is 0 Å². The van der Waals surface area contributed by atoms with E-state index < -0.39 is 0 Å². The standard InChI is InChI=1S/C17H24ClN/c1-2-10-19-13-17(11-16(12-17)8-5-9-16)14-6-3-4-7-15(14)18/h3-4,6-7,19H,2,5,8-13H2,1H3. The van der Waals surface area contributed by atoms with Crippen molar-refractivity contribution in [3.05, 3.63) is 34.9 Å². The number of hydrogen-bond acceptors (Lipinski definition) is 1. The Labute approximate surface area is 121 Å². The van der Waals surface area contributed by atoms with E-state index in [1.54, 1.807) is 0 Å². The highest BCUT2D eigenvalue weighted by Crippen LogP contribution is 2.65. The Hall–Kier alpha value is -0.530. The van der Waals surface area contributed by atoms with E-state index in [1.807, 2.05) is 12.1 Å². The van der Waals surface area contributed by atoms with Crippen LogP contribution in [0, 0.1) is 5.41 Å². The molecule has 0 saturated heterocycles. The first kappa shape index (κ1) is 13.5. The lowest BCUT2D eigenvalue weighted by Gasteiger charge is -2.62. The van der Waals surface area contributed by atoms with Crippen molar-refractivity contribution < 1.29 is 0 Å². The summed E-state index contributed by atoms with van der Waals surface area (Å²) in [5.74, 6) is 0. The number of rotatable bonds is 5. The van der Waals surface area contributed by atoms with Crippen LogP contribution in [0.4, 0.5) is 0 Å². The molecule has 0 unspecified atom stereocenters. The normalized spacial score (nSPS) is 22.8. The molecule has 0 atom stereocenters. The third-order valence-electron chi connectivity index (χ3n) is 5.18. The predicted octanol–water partition coefficient (Wildman–Crippen LogP) is 4.54. The Morgan fingerprint density at radius 3 is 2.53 bits per heavy atom. The van der Waals surface area contributed by atoms with Crippen molar-refractivity contribution in [3.63, 3.8) is 0 Å². The van der Waals surface area contributed by atoms with Crippen molar-refractivity contribution >= 4 is 11.6 Å². The minimum Gasteiger partial charge on any atom is -0.316 e. The molecule has 104 valence electrons. The minimum atomic E-state index is 0.300. The second-order valence-electron chi connectivity index (χ2n) is 6.64. The summed E-state index contributed by atoms with van der Waals surface area (Å²) in [6.45, 7) is 4.43. The van der Waals surface area contributed by atoms with E-state index in [0.29, 0.717) is 10.8 Å². The van der Waals surface area contributed by atoms with Gasteiger partial charge in [-0.3, -0.25) is 0 Å². The zero-order chi connectivity index (χ0) is 13.3. The lowest BCUT2D eigenvalue weighted by molar-refractivity contribution is -0.0481. The van der Waals surface area contributed by atoms with Gasteiger partial charge in [0.1, 0.15) is 0 Å². The summed E-state index contributed by atoms with van der Waals surface area (Å²) in [6, 6.07) is 8.46. The predicted molar refractivity (Wildman–Crippen MR) is 81.8 cm³/mol. The van der Waals surface area contributed by atoms with Gasteiger partial charge in [0, 0.05) is 17.0 Å². The maximum atomic E-state index is 6.46. The van der Waals surface area contributed by atoms with Gasteiger partial charge in [-0.1, -0.05) is 43.1 Å². The average molecular weight is 278 g/mol. The number of benzene rings is 1. The summed E-state index contributed by atoms with van der Waals surface area (Å²) in [5, 5.41) is 4.58. The molecule has 1 spiro atoms. The SMILES string of the molecule is CCCNCC1(c2ccccc2Cl)CC2(CCC2)C1. The van der Waals surface area contributed by atoms with Crippen molar-refractivity contribution in [3.8, 4) is 0 Å². The van der Waals surface area contributed by atoms with E-state index in [0.717, 1.165) is 18.1 Å². The molecule has 2 aliphatic rings. The Bertz CT molecular complexity index is 442. The van der Waals surface area contributed by atoms with Crippen molar-refractivity contribution in [1.82, 2.24) is 5.32 Å². The van der Waals surface area contributed by atoms with Crippen LogP contribution in [-0.2, 0) is 5.41 Å². The van der Waals surface area contributed by atoms with Gasteiger partial charge in [-0.25, -0.2) is 0 Å². The first-order valence-corrected chi connectivity index (χ1v) is 8.03. The van der Waals surface area contributed by atoms with Crippen LogP contribution < -0.4 is 5.32 Å². The van der Waals surface area contributed by atoms with Gasteiger partial charge in [0.15, 0.2) is 0 Å². The van der Waals surface area contributed by atoms with E-state index in [4.69, 9.17) is 11.6 Å². The molecular weight excluding hydrogens is 254 g/mol. The molecule has 0 heterocycles. The van der Waals surface area contributed by atoms with Gasteiger partial charge in [-0.2, -0.15) is 0 Å². The topological polar surface area (TPSA) is 12.0 Å². The Morgan fingerprint density at radius 1 is 1.21 bits per heavy atom. The van der Waals surface area contributed by atoms with Crippen LogP contribution in [0.1, 0.15) is 51.0 Å². The highest BCUT2D eigenvalue weighted by Gasteiger charge is 2.57. The van der Waals surface area contributed by atoms with E-state index in [9.17, 15) is 0 Å².